The molecule has 29 heavy (non-hydrogen) atoms. The molecule has 0 aliphatic heterocycles. The van der Waals surface area contributed by atoms with Crippen LogP contribution in [0.5, 0.6) is 17.4 Å². The number of nitrogens with zero attached hydrogens (tertiary/aromatic N) is 2. The second-order valence-corrected chi connectivity index (χ2v) is 5.97. The summed E-state index contributed by atoms with van der Waals surface area (Å²) in [7, 11) is 3.04. The topological polar surface area (TPSA) is 82.6 Å². The first-order chi connectivity index (χ1) is 14.1. The lowest BCUT2D eigenvalue weighted by atomic mass is 10.1. The molecule has 1 N–H and O–H groups in total. The first kappa shape index (κ1) is 20.1. The standard InChI is InChI=1S/C21H20FN3O4/c1-27-17-11-15(12-18(13-17)28-2)21(26)23-9-10-29-20-8-7-19(24-25-20)14-3-5-16(22)6-4-14/h3-8,11-13H,9-10H2,1-2H3,(H,23,26). The van der Waals surface area contributed by atoms with Crippen LogP contribution < -0.4 is 19.5 Å². The minimum absolute atomic E-state index is 0.220. The van der Waals surface area contributed by atoms with E-state index in [1.54, 1.807) is 42.5 Å². The molecule has 150 valence electrons. The molecule has 0 saturated carbocycles. The Labute approximate surface area is 167 Å². The maximum atomic E-state index is 13.0. The maximum Gasteiger partial charge on any atom is 0.251 e. The summed E-state index contributed by atoms with van der Waals surface area (Å²) < 4.78 is 28.8. The summed E-state index contributed by atoms with van der Waals surface area (Å²) in [5.41, 5.74) is 1.79. The van der Waals surface area contributed by atoms with Crippen LogP contribution in [-0.2, 0) is 0 Å². The van der Waals surface area contributed by atoms with Gasteiger partial charge in [0.15, 0.2) is 0 Å². The van der Waals surface area contributed by atoms with Crippen molar-refractivity contribution < 1.29 is 23.4 Å². The lowest BCUT2D eigenvalue weighted by molar-refractivity contribution is 0.0946. The van der Waals surface area contributed by atoms with E-state index in [1.165, 1.54) is 26.4 Å². The molecule has 0 radical (unpaired) electrons. The van der Waals surface area contributed by atoms with Crippen molar-refractivity contribution in [1.29, 1.82) is 0 Å². The minimum atomic E-state index is -0.309. The van der Waals surface area contributed by atoms with E-state index in [-0.39, 0.29) is 24.9 Å². The lowest BCUT2D eigenvalue weighted by Gasteiger charge is -2.10. The second-order valence-electron chi connectivity index (χ2n) is 5.97. The molecular formula is C21H20FN3O4. The Bertz CT molecular complexity index is 940. The number of amides is 1. The zero-order chi connectivity index (χ0) is 20.6. The number of benzene rings is 2. The van der Waals surface area contributed by atoms with Crippen LogP contribution in [0.15, 0.2) is 54.6 Å². The van der Waals surface area contributed by atoms with Crippen LogP contribution >= 0.6 is 0 Å². The number of halogens is 1. The van der Waals surface area contributed by atoms with E-state index in [9.17, 15) is 9.18 Å². The van der Waals surface area contributed by atoms with Crippen molar-refractivity contribution in [2.45, 2.75) is 0 Å². The van der Waals surface area contributed by atoms with Crippen LogP contribution in [0.4, 0.5) is 4.39 Å². The molecule has 0 aliphatic carbocycles. The molecule has 7 nitrogen and oxygen atoms in total. The highest BCUT2D eigenvalue weighted by Gasteiger charge is 2.10. The molecular weight excluding hydrogens is 377 g/mol. The van der Waals surface area contributed by atoms with Crippen molar-refractivity contribution in [1.82, 2.24) is 15.5 Å². The first-order valence-corrected chi connectivity index (χ1v) is 8.83. The maximum absolute atomic E-state index is 13.0. The number of aromatic nitrogens is 2. The Balaban J connectivity index is 1.50. The van der Waals surface area contributed by atoms with Crippen LogP contribution in [0, 0.1) is 5.82 Å². The number of hydrogen-bond acceptors (Lipinski definition) is 6. The highest BCUT2D eigenvalue weighted by atomic mass is 19.1. The van der Waals surface area contributed by atoms with Gasteiger partial charge in [0.25, 0.3) is 5.91 Å². The van der Waals surface area contributed by atoms with Crippen LogP contribution in [-0.4, -0.2) is 43.5 Å². The number of carbonyl (C=O) groups excluding carboxylic acids is 1. The van der Waals surface area contributed by atoms with Gasteiger partial charge in [0, 0.05) is 23.3 Å². The van der Waals surface area contributed by atoms with Crippen LogP contribution in [0.1, 0.15) is 10.4 Å². The van der Waals surface area contributed by atoms with Crippen LogP contribution in [0.3, 0.4) is 0 Å². The van der Waals surface area contributed by atoms with Gasteiger partial charge in [-0.15, -0.1) is 10.2 Å². The van der Waals surface area contributed by atoms with Gasteiger partial charge in [-0.3, -0.25) is 4.79 Å². The van der Waals surface area contributed by atoms with Gasteiger partial charge in [-0.2, -0.15) is 0 Å². The minimum Gasteiger partial charge on any atom is -0.497 e. The predicted octanol–water partition coefficient (Wildman–Crippen LogP) is 3.11. The smallest absolute Gasteiger partial charge is 0.251 e. The van der Waals surface area contributed by atoms with Crippen molar-refractivity contribution in [3.63, 3.8) is 0 Å². The zero-order valence-electron chi connectivity index (χ0n) is 16.0. The Hall–Kier alpha value is -3.68. The highest BCUT2D eigenvalue weighted by Crippen LogP contribution is 2.22. The molecule has 0 unspecified atom stereocenters. The Morgan fingerprint density at radius 3 is 2.24 bits per heavy atom. The van der Waals surface area contributed by atoms with Crippen molar-refractivity contribution in [3.8, 4) is 28.6 Å². The van der Waals surface area contributed by atoms with E-state index in [1.807, 2.05) is 0 Å². The molecule has 1 aromatic heterocycles. The fourth-order valence-electron chi connectivity index (χ4n) is 2.53. The fourth-order valence-corrected chi connectivity index (χ4v) is 2.53. The third kappa shape index (κ3) is 5.41. The van der Waals surface area contributed by atoms with E-state index in [4.69, 9.17) is 14.2 Å². The second kappa shape index (κ2) is 9.50. The summed E-state index contributed by atoms with van der Waals surface area (Å²) in [6, 6.07) is 14.3. The number of hydrogen-bond donors (Lipinski definition) is 1. The van der Waals surface area contributed by atoms with Gasteiger partial charge >= 0.3 is 0 Å². The van der Waals surface area contributed by atoms with E-state index in [0.717, 1.165) is 5.56 Å². The summed E-state index contributed by atoms with van der Waals surface area (Å²) in [5.74, 6) is 0.803. The molecule has 0 saturated heterocycles. The van der Waals surface area contributed by atoms with Crippen molar-refractivity contribution in [2.75, 3.05) is 27.4 Å². The molecule has 1 heterocycles. The quantitative estimate of drug-likeness (QED) is 0.588. The Kier molecular flexibility index (Phi) is 6.57. The average molecular weight is 397 g/mol. The molecule has 3 aromatic rings. The van der Waals surface area contributed by atoms with Crippen LogP contribution in [0.25, 0.3) is 11.3 Å². The number of ether oxygens (including phenoxy) is 3. The average Bonchev–Trinajstić information content (AvgIpc) is 2.77. The molecule has 0 spiro atoms. The number of rotatable bonds is 8. The normalized spacial score (nSPS) is 10.3. The monoisotopic (exact) mass is 397 g/mol. The molecule has 8 heteroatoms. The van der Waals surface area contributed by atoms with Gasteiger partial charge in [0.1, 0.15) is 23.9 Å². The summed E-state index contributed by atoms with van der Waals surface area (Å²) in [5, 5.41) is 10.8. The summed E-state index contributed by atoms with van der Waals surface area (Å²) in [4.78, 5) is 12.3. The summed E-state index contributed by atoms with van der Waals surface area (Å²) in [6.45, 7) is 0.497. The predicted molar refractivity (Wildman–Crippen MR) is 105 cm³/mol. The number of carbonyl (C=O) groups is 1. The van der Waals surface area contributed by atoms with Gasteiger partial charge in [0.2, 0.25) is 5.88 Å². The summed E-state index contributed by atoms with van der Waals surface area (Å²) >= 11 is 0. The number of nitrogens with one attached hydrogen (secondary N) is 1. The first-order valence-electron chi connectivity index (χ1n) is 8.83. The molecule has 1 amide bonds. The molecule has 0 aliphatic rings. The largest absolute Gasteiger partial charge is 0.497 e. The highest BCUT2D eigenvalue weighted by molar-refractivity contribution is 5.95. The third-order valence-electron chi connectivity index (χ3n) is 4.03. The van der Waals surface area contributed by atoms with Gasteiger partial charge in [-0.05, 0) is 42.5 Å². The van der Waals surface area contributed by atoms with Gasteiger partial charge < -0.3 is 19.5 Å². The molecule has 3 rings (SSSR count). The van der Waals surface area contributed by atoms with Gasteiger partial charge in [-0.1, -0.05) is 0 Å². The third-order valence-corrected chi connectivity index (χ3v) is 4.03. The number of methoxy groups -OCH3 is 2. The van der Waals surface area contributed by atoms with E-state index < -0.39 is 0 Å². The molecule has 0 bridgehead atoms. The van der Waals surface area contributed by atoms with Gasteiger partial charge in [0.05, 0.1) is 26.5 Å². The molecule has 0 fully saturated rings. The molecule has 0 atom stereocenters. The van der Waals surface area contributed by atoms with E-state index in [0.29, 0.717) is 28.6 Å². The lowest BCUT2D eigenvalue weighted by Crippen LogP contribution is -2.28. The van der Waals surface area contributed by atoms with Crippen LogP contribution in [0.2, 0.25) is 0 Å². The molecule has 2 aromatic carbocycles. The van der Waals surface area contributed by atoms with Gasteiger partial charge in [-0.25, -0.2) is 4.39 Å². The Morgan fingerprint density at radius 1 is 0.966 bits per heavy atom. The SMILES string of the molecule is COc1cc(OC)cc(C(=O)NCCOc2ccc(-c3ccc(F)cc3)nn2)c1. The van der Waals surface area contributed by atoms with E-state index in [2.05, 4.69) is 15.5 Å². The zero-order valence-corrected chi connectivity index (χ0v) is 16.0. The van der Waals surface area contributed by atoms with Crippen molar-refractivity contribution >= 4 is 5.91 Å². The summed E-state index contributed by atoms with van der Waals surface area (Å²) in [6.07, 6.45) is 0. The fraction of sp³-hybridized carbons (Fsp3) is 0.190. The van der Waals surface area contributed by atoms with Crippen molar-refractivity contribution in [2.24, 2.45) is 0 Å². The Morgan fingerprint density at radius 2 is 1.66 bits per heavy atom. The van der Waals surface area contributed by atoms with E-state index >= 15 is 0 Å². The van der Waals surface area contributed by atoms with Crippen molar-refractivity contribution in [3.05, 3.63) is 66.0 Å².